The molecular weight excluding hydrogens is 337 g/mol. The second kappa shape index (κ2) is 7.73. The summed E-state index contributed by atoms with van der Waals surface area (Å²) in [5.74, 6) is -0.410. The maximum atomic E-state index is 12.8. The van der Waals surface area contributed by atoms with Crippen LogP contribution in [0.15, 0.2) is 24.3 Å². The quantitative estimate of drug-likeness (QED) is 0.863. The SMILES string of the molecule is CNC(=O)NC(=O)[C@H](C)N1CCN(c2cccc(C(F)(F)F)c2)CC1. The van der Waals surface area contributed by atoms with Crippen LogP contribution in [0.25, 0.3) is 0 Å². The number of benzene rings is 1. The molecule has 1 fully saturated rings. The van der Waals surface area contributed by atoms with Gasteiger partial charge in [-0.1, -0.05) is 6.07 Å². The van der Waals surface area contributed by atoms with Crippen molar-refractivity contribution in [3.8, 4) is 0 Å². The molecule has 0 spiro atoms. The summed E-state index contributed by atoms with van der Waals surface area (Å²) in [6.07, 6.45) is -4.37. The fourth-order valence-electron chi connectivity index (χ4n) is 2.69. The normalized spacial score (nSPS) is 17.1. The Morgan fingerprint density at radius 1 is 1.16 bits per heavy atom. The fraction of sp³-hybridized carbons (Fsp3) is 0.500. The van der Waals surface area contributed by atoms with Crippen LogP contribution in [0.4, 0.5) is 23.7 Å². The van der Waals surface area contributed by atoms with Crippen LogP contribution < -0.4 is 15.5 Å². The second-order valence-corrected chi connectivity index (χ2v) is 5.82. The van der Waals surface area contributed by atoms with Crippen molar-refractivity contribution in [3.63, 3.8) is 0 Å². The molecule has 0 unspecified atom stereocenters. The third kappa shape index (κ3) is 4.85. The summed E-state index contributed by atoms with van der Waals surface area (Å²) in [7, 11) is 1.42. The third-order valence-electron chi connectivity index (χ3n) is 4.24. The molecule has 9 heteroatoms. The van der Waals surface area contributed by atoms with Gasteiger partial charge in [0.25, 0.3) is 0 Å². The van der Waals surface area contributed by atoms with Crippen LogP contribution in [0.3, 0.4) is 0 Å². The summed E-state index contributed by atoms with van der Waals surface area (Å²) in [6, 6.07) is 4.15. The third-order valence-corrected chi connectivity index (χ3v) is 4.24. The van der Waals surface area contributed by atoms with Crippen molar-refractivity contribution in [3.05, 3.63) is 29.8 Å². The molecule has 1 aromatic carbocycles. The van der Waals surface area contributed by atoms with Crippen molar-refractivity contribution in [2.75, 3.05) is 38.1 Å². The van der Waals surface area contributed by atoms with E-state index < -0.39 is 29.7 Å². The predicted octanol–water partition coefficient (Wildman–Crippen LogP) is 1.67. The molecule has 2 N–H and O–H groups in total. The zero-order chi connectivity index (χ0) is 18.6. The number of hydrogen-bond donors (Lipinski definition) is 2. The topological polar surface area (TPSA) is 64.7 Å². The number of imide groups is 1. The summed E-state index contributed by atoms with van der Waals surface area (Å²) >= 11 is 0. The van der Waals surface area contributed by atoms with Crippen LogP contribution in [0, 0.1) is 0 Å². The molecule has 1 heterocycles. The minimum Gasteiger partial charge on any atom is -0.369 e. The van der Waals surface area contributed by atoms with Crippen LogP contribution >= 0.6 is 0 Å². The Balaban J connectivity index is 1.95. The number of urea groups is 1. The fourth-order valence-corrected chi connectivity index (χ4v) is 2.69. The maximum absolute atomic E-state index is 12.8. The summed E-state index contributed by atoms with van der Waals surface area (Å²) < 4.78 is 38.5. The largest absolute Gasteiger partial charge is 0.416 e. The lowest BCUT2D eigenvalue weighted by Gasteiger charge is -2.38. The molecule has 1 saturated heterocycles. The lowest BCUT2D eigenvalue weighted by Crippen LogP contribution is -2.55. The molecule has 0 saturated carbocycles. The number of hydrogen-bond acceptors (Lipinski definition) is 4. The Morgan fingerprint density at radius 3 is 2.36 bits per heavy atom. The Hall–Kier alpha value is -2.29. The van der Waals surface area contributed by atoms with Crippen molar-refractivity contribution in [2.24, 2.45) is 0 Å². The van der Waals surface area contributed by atoms with Gasteiger partial charge in [0.15, 0.2) is 0 Å². The van der Waals surface area contributed by atoms with Gasteiger partial charge >= 0.3 is 12.2 Å². The number of halogens is 3. The molecule has 138 valence electrons. The molecule has 1 aliphatic heterocycles. The molecule has 2 rings (SSSR count). The smallest absolute Gasteiger partial charge is 0.369 e. The number of anilines is 1. The molecular formula is C16H21F3N4O2. The first-order valence-electron chi connectivity index (χ1n) is 7.91. The number of rotatable bonds is 3. The predicted molar refractivity (Wildman–Crippen MR) is 87.3 cm³/mol. The van der Waals surface area contributed by atoms with Crippen molar-refractivity contribution in [2.45, 2.75) is 19.1 Å². The average molecular weight is 358 g/mol. The highest BCUT2D eigenvalue weighted by Gasteiger charge is 2.31. The van der Waals surface area contributed by atoms with Gasteiger partial charge < -0.3 is 10.2 Å². The lowest BCUT2D eigenvalue weighted by atomic mass is 10.1. The minimum atomic E-state index is -4.37. The van der Waals surface area contributed by atoms with Gasteiger partial charge in [0.2, 0.25) is 5.91 Å². The average Bonchev–Trinajstić information content (AvgIpc) is 2.60. The van der Waals surface area contributed by atoms with E-state index in [2.05, 4.69) is 10.6 Å². The van der Waals surface area contributed by atoms with Gasteiger partial charge in [-0.3, -0.25) is 15.0 Å². The molecule has 0 radical (unpaired) electrons. The first-order chi connectivity index (χ1) is 11.7. The first kappa shape index (κ1) is 19.0. The van der Waals surface area contributed by atoms with Crippen LogP contribution in [-0.2, 0) is 11.0 Å². The van der Waals surface area contributed by atoms with E-state index in [1.54, 1.807) is 13.0 Å². The van der Waals surface area contributed by atoms with Gasteiger partial charge in [0.1, 0.15) is 0 Å². The van der Waals surface area contributed by atoms with E-state index in [1.165, 1.54) is 13.1 Å². The Morgan fingerprint density at radius 2 is 1.80 bits per heavy atom. The van der Waals surface area contributed by atoms with Crippen molar-refractivity contribution < 1.29 is 22.8 Å². The van der Waals surface area contributed by atoms with E-state index in [0.717, 1.165) is 12.1 Å². The van der Waals surface area contributed by atoms with Crippen molar-refractivity contribution in [1.29, 1.82) is 0 Å². The van der Waals surface area contributed by atoms with Gasteiger partial charge in [-0.05, 0) is 25.1 Å². The lowest BCUT2D eigenvalue weighted by molar-refractivity contribution is -0.137. The van der Waals surface area contributed by atoms with E-state index in [0.29, 0.717) is 31.9 Å². The highest BCUT2D eigenvalue weighted by Crippen LogP contribution is 2.31. The van der Waals surface area contributed by atoms with E-state index in [9.17, 15) is 22.8 Å². The molecule has 1 aromatic rings. The van der Waals surface area contributed by atoms with E-state index in [4.69, 9.17) is 0 Å². The highest BCUT2D eigenvalue weighted by molar-refractivity contribution is 5.96. The second-order valence-electron chi connectivity index (χ2n) is 5.82. The number of carbonyl (C=O) groups is 2. The Bertz CT molecular complexity index is 628. The number of piperazine rings is 1. The number of amides is 3. The number of alkyl halides is 3. The first-order valence-corrected chi connectivity index (χ1v) is 7.91. The molecule has 0 aliphatic carbocycles. The maximum Gasteiger partial charge on any atom is 0.416 e. The van der Waals surface area contributed by atoms with Gasteiger partial charge in [0, 0.05) is 38.9 Å². The molecule has 1 aliphatic rings. The number of carbonyl (C=O) groups excluding carboxylic acids is 2. The summed E-state index contributed by atoms with van der Waals surface area (Å²) in [4.78, 5) is 26.9. The van der Waals surface area contributed by atoms with E-state index >= 15 is 0 Å². The Labute approximate surface area is 144 Å². The van der Waals surface area contributed by atoms with Crippen molar-refractivity contribution in [1.82, 2.24) is 15.5 Å². The summed E-state index contributed by atoms with van der Waals surface area (Å²) in [5, 5.41) is 4.53. The molecule has 25 heavy (non-hydrogen) atoms. The molecule has 6 nitrogen and oxygen atoms in total. The van der Waals surface area contributed by atoms with Crippen LogP contribution in [-0.4, -0.2) is 56.1 Å². The molecule has 0 bridgehead atoms. The summed E-state index contributed by atoms with van der Waals surface area (Å²) in [6.45, 7) is 3.72. The Kier molecular flexibility index (Phi) is 5.89. The van der Waals surface area contributed by atoms with Crippen LogP contribution in [0.1, 0.15) is 12.5 Å². The molecule has 1 atom stereocenters. The van der Waals surface area contributed by atoms with Crippen LogP contribution in [0.2, 0.25) is 0 Å². The number of nitrogens with one attached hydrogen (secondary N) is 2. The van der Waals surface area contributed by atoms with E-state index in [-0.39, 0.29) is 0 Å². The standard InChI is InChI=1S/C16H21F3N4O2/c1-11(14(24)21-15(25)20-2)22-6-8-23(9-7-22)13-5-3-4-12(10-13)16(17,18)19/h3-5,10-11H,6-9H2,1-2H3,(H2,20,21,24,25)/t11-/m0/s1. The molecule has 3 amide bonds. The molecule has 0 aromatic heterocycles. The van der Waals surface area contributed by atoms with Gasteiger partial charge in [-0.25, -0.2) is 4.79 Å². The monoisotopic (exact) mass is 358 g/mol. The van der Waals surface area contributed by atoms with E-state index in [1.807, 2.05) is 9.80 Å². The van der Waals surface area contributed by atoms with Crippen molar-refractivity contribution >= 4 is 17.6 Å². The highest BCUT2D eigenvalue weighted by atomic mass is 19.4. The minimum absolute atomic E-state index is 0.410. The zero-order valence-electron chi connectivity index (χ0n) is 14.1. The number of nitrogens with zero attached hydrogens (tertiary/aromatic N) is 2. The van der Waals surface area contributed by atoms with Gasteiger partial charge in [-0.2, -0.15) is 13.2 Å². The van der Waals surface area contributed by atoms with Gasteiger partial charge in [-0.15, -0.1) is 0 Å². The zero-order valence-corrected chi connectivity index (χ0v) is 14.1. The van der Waals surface area contributed by atoms with Crippen LogP contribution in [0.5, 0.6) is 0 Å². The summed E-state index contributed by atoms with van der Waals surface area (Å²) in [5.41, 5.74) is -0.164. The van der Waals surface area contributed by atoms with Gasteiger partial charge in [0.05, 0.1) is 11.6 Å².